The van der Waals surface area contributed by atoms with Gasteiger partial charge in [-0.2, -0.15) is 18.2 Å². The van der Waals surface area contributed by atoms with Gasteiger partial charge in [-0.25, -0.2) is 0 Å². The average Bonchev–Trinajstić information content (AvgIpc) is 2.38. The molecule has 0 aliphatic carbocycles. The molecule has 4 heteroatoms. The minimum atomic E-state index is -0.231. The van der Waals surface area contributed by atoms with Crippen LogP contribution in [0.1, 0.15) is 38.2 Å². The van der Waals surface area contributed by atoms with Gasteiger partial charge in [0.15, 0.2) is 0 Å². The van der Waals surface area contributed by atoms with Crippen LogP contribution in [-0.4, -0.2) is 6.61 Å². The van der Waals surface area contributed by atoms with Crippen LogP contribution >= 0.6 is 13.6 Å². The van der Waals surface area contributed by atoms with Crippen molar-refractivity contribution >= 4 is 13.6 Å². The van der Waals surface area contributed by atoms with E-state index < -0.39 is 0 Å². The third-order valence-electron chi connectivity index (χ3n) is 2.30. The topological polar surface area (TPSA) is 9.23 Å². The molecule has 0 aromatic heterocycles. The second kappa shape index (κ2) is 12.7. The predicted molar refractivity (Wildman–Crippen MR) is 68.0 cm³/mol. The summed E-state index contributed by atoms with van der Waals surface area (Å²) in [5, 5.41) is 0. The molecular formula is C13H18BrFOZn. The molecule has 92 valence electrons. The molecule has 0 heterocycles. The first-order valence-electron chi connectivity index (χ1n) is 5.83. The molecule has 0 N–H and O–H groups in total. The summed E-state index contributed by atoms with van der Waals surface area (Å²) in [6.07, 6.45) is 4.73. The zero-order valence-electron chi connectivity index (χ0n) is 10.3. The monoisotopic (exact) mass is 352 g/mol. The van der Waals surface area contributed by atoms with E-state index >= 15 is 0 Å². The summed E-state index contributed by atoms with van der Waals surface area (Å²) in [4.78, 5) is 0. The quantitative estimate of drug-likeness (QED) is 0.396. The molecule has 0 aliphatic heterocycles. The molecule has 0 saturated carbocycles. The standard InChI is InChI=1S/C13H18FO.BrH.Zn/c1-2-3-4-7-10-15-11-12-8-5-6-9-13(12)14;;/h5,8-9H,2-4,7,10-11H2,1H3;1H;/q-1;;+2/p-1. The summed E-state index contributed by atoms with van der Waals surface area (Å²) in [6.45, 7) is 3.27. The van der Waals surface area contributed by atoms with E-state index in [2.05, 4.69) is 26.6 Å². The number of hydrogen-bond donors (Lipinski definition) is 0. The average molecular weight is 355 g/mol. The Bertz CT molecular complexity index is 284. The molecular weight excluding hydrogens is 336 g/mol. The number of hydrogen-bond acceptors (Lipinski definition) is 1. The molecule has 1 aromatic carbocycles. The van der Waals surface area contributed by atoms with E-state index in [9.17, 15) is 4.39 Å². The Morgan fingerprint density at radius 3 is 2.76 bits per heavy atom. The molecule has 1 aromatic rings. The van der Waals surface area contributed by atoms with Gasteiger partial charge in [0.1, 0.15) is 0 Å². The van der Waals surface area contributed by atoms with Crippen LogP contribution in [0.5, 0.6) is 0 Å². The summed E-state index contributed by atoms with van der Waals surface area (Å²) in [5.74, 6) is -0.231. The zero-order valence-corrected chi connectivity index (χ0v) is 14.9. The van der Waals surface area contributed by atoms with Crippen molar-refractivity contribution in [2.75, 3.05) is 6.61 Å². The molecule has 0 amide bonds. The van der Waals surface area contributed by atoms with Crippen molar-refractivity contribution < 1.29 is 25.5 Å². The summed E-state index contributed by atoms with van der Waals surface area (Å²) >= 11 is 4.25. The Balaban J connectivity index is 0.00000121. The van der Waals surface area contributed by atoms with Gasteiger partial charge in [0.2, 0.25) is 0 Å². The van der Waals surface area contributed by atoms with Crippen molar-refractivity contribution in [2.45, 2.75) is 39.2 Å². The third-order valence-corrected chi connectivity index (χ3v) is 2.30. The Kier molecular flexibility index (Phi) is 12.8. The van der Waals surface area contributed by atoms with Gasteiger partial charge in [-0.1, -0.05) is 31.7 Å². The van der Waals surface area contributed by atoms with Gasteiger partial charge in [0, 0.05) is 12.4 Å². The Morgan fingerprint density at radius 2 is 2.12 bits per heavy atom. The number of unbranched alkanes of at least 4 members (excludes halogenated alkanes) is 3. The van der Waals surface area contributed by atoms with Crippen molar-refractivity contribution in [3.63, 3.8) is 0 Å². The van der Waals surface area contributed by atoms with Crippen LogP contribution in [0.4, 0.5) is 4.39 Å². The summed E-state index contributed by atoms with van der Waals surface area (Å²) in [5.41, 5.74) is 0.615. The third kappa shape index (κ3) is 8.87. The van der Waals surface area contributed by atoms with Crippen LogP contribution in [0.25, 0.3) is 0 Å². The van der Waals surface area contributed by atoms with Crippen LogP contribution in [0.2, 0.25) is 0 Å². The minimum absolute atomic E-state index is 0.231. The van der Waals surface area contributed by atoms with Crippen LogP contribution in [0, 0.1) is 11.9 Å². The number of halogens is 2. The van der Waals surface area contributed by atoms with E-state index in [1.807, 2.05) is 0 Å². The Labute approximate surface area is 120 Å². The van der Waals surface area contributed by atoms with Gasteiger partial charge < -0.3 is 4.74 Å². The van der Waals surface area contributed by atoms with Gasteiger partial charge >= 0.3 is 30.0 Å². The molecule has 0 fully saturated rings. The van der Waals surface area contributed by atoms with Crippen molar-refractivity contribution in [1.82, 2.24) is 0 Å². The van der Waals surface area contributed by atoms with Crippen molar-refractivity contribution in [3.05, 3.63) is 35.6 Å². The van der Waals surface area contributed by atoms with Gasteiger partial charge in [0.25, 0.3) is 0 Å². The Hall–Kier alpha value is 0.213. The molecule has 0 atom stereocenters. The molecule has 0 aliphatic rings. The van der Waals surface area contributed by atoms with E-state index in [4.69, 9.17) is 4.74 Å². The van der Waals surface area contributed by atoms with Crippen LogP contribution in [0.15, 0.2) is 18.2 Å². The van der Waals surface area contributed by atoms with E-state index in [1.54, 1.807) is 12.1 Å². The van der Waals surface area contributed by atoms with E-state index in [0.29, 0.717) is 12.2 Å². The van der Waals surface area contributed by atoms with Gasteiger partial charge in [-0.05, 0) is 6.42 Å². The second-order valence-electron chi connectivity index (χ2n) is 3.63. The van der Waals surface area contributed by atoms with Gasteiger partial charge in [-0.15, -0.1) is 6.07 Å². The van der Waals surface area contributed by atoms with Crippen LogP contribution in [-0.2, 0) is 27.7 Å². The molecule has 0 radical (unpaired) electrons. The second-order valence-corrected chi connectivity index (χ2v) is 3.63. The molecule has 1 nitrogen and oxygen atoms in total. The Morgan fingerprint density at radius 1 is 1.35 bits per heavy atom. The molecule has 0 unspecified atom stereocenters. The number of ether oxygens (including phenoxy) is 1. The molecule has 0 saturated heterocycles. The summed E-state index contributed by atoms with van der Waals surface area (Å²) in [7, 11) is 0. The normalized spacial score (nSPS) is 9.71. The fraction of sp³-hybridized carbons (Fsp3) is 0.538. The van der Waals surface area contributed by atoms with Crippen molar-refractivity contribution in [2.24, 2.45) is 0 Å². The fourth-order valence-corrected chi connectivity index (χ4v) is 1.37. The maximum absolute atomic E-state index is 13.1. The van der Waals surface area contributed by atoms with Crippen molar-refractivity contribution in [3.8, 4) is 0 Å². The number of rotatable bonds is 7. The molecule has 0 bridgehead atoms. The summed E-state index contributed by atoms with van der Waals surface area (Å²) in [6, 6.07) is 7.45. The molecule has 1 rings (SSSR count). The van der Waals surface area contributed by atoms with Gasteiger partial charge in [0.05, 0.1) is 6.61 Å². The fourth-order valence-electron chi connectivity index (χ4n) is 1.37. The first kappa shape index (κ1) is 17.2. The van der Waals surface area contributed by atoms with Crippen LogP contribution in [0.3, 0.4) is 0 Å². The van der Waals surface area contributed by atoms with Gasteiger partial charge in [-0.3, -0.25) is 4.39 Å². The van der Waals surface area contributed by atoms with Crippen LogP contribution < -0.4 is 0 Å². The summed E-state index contributed by atoms with van der Waals surface area (Å²) < 4.78 is 18.5. The first-order valence-corrected chi connectivity index (χ1v) is 12.8. The van der Waals surface area contributed by atoms with E-state index in [0.717, 1.165) is 13.0 Å². The SMILES string of the molecule is CCCCCCOCc1cc[c-]cc1F.[Zn+][Br]. The molecule has 17 heavy (non-hydrogen) atoms. The number of benzene rings is 1. The van der Waals surface area contributed by atoms with Crippen molar-refractivity contribution in [1.29, 1.82) is 0 Å². The first-order chi connectivity index (χ1) is 8.34. The maximum atomic E-state index is 13.1. The predicted octanol–water partition coefficient (Wildman–Crippen LogP) is 4.57. The molecule has 0 spiro atoms. The zero-order chi connectivity index (χ0) is 12.9. The van der Waals surface area contributed by atoms with E-state index in [1.165, 1.54) is 41.7 Å². The van der Waals surface area contributed by atoms with E-state index in [-0.39, 0.29) is 5.82 Å².